The lowest BCUT2D eigenvalue weighted by Gasteiger charge is -2.47. The van der Waals surface area contributed by atoms with Crippen LogP contribution in [-0.4, -0.2) is 26.9 Å². The Bertz CT molecular complexity index is 252. The average molecular weight is 282 g/mol. The van der Waals surface area contributed by atoms with E-state index >= 15 is 0 Å². The van der Waals surface area contributed by atoms with Crippen LogP contribution in [0.15, 0.2) is 0 Å². The molecule has 2 rings (SSSR count). The van der Waals surface area contributed by atoms with Crippen LogP contribution >= 0.6 is 0 Å². The molecule has 0 aromatic heterocycles. The Morgan fingerprint density at radius 3 is 2.20 bits per heavy atom. The summed E-state index contributed by atoms with van der Waals surface area (Å²) in [5.41, 5.74) is 0.590. The molecule has 0 bridgehead atoms. The van der Waals surface area contributed by atoms with Gasteiger partial charge in [-0.1, -0.05) is 38.5 Å². The van der Waals surface area contributed by atoms with Crippen LogP contribution < -0.4 is 0 Å². The fourth-order valence-corrected chi connectivity index (χ4v) is 4.76. The second kappa shape index (κ2) is 8.38. The number of hydrogen-bond acceptors (Lipinski definition) is 2. The van der Waals surface area contributed by atoms with Crippen molar-refractivity contribution < 1.29 is 9.47 Å². The topological polar surface area (TPSA) is 18.5 Å². The molecule has 2 saturated carbocycles. The molecule has 1 atom stereocenters. The first-order chi connectivity index (χ1) is 9.80. The maximum Gasteiger partial charge on any atom is 0.0598 e. The highest BCUT2D eigenvalue weighted by Gasteiger charge is 2.41. The summed E-state index contributed by atoms with van der Waals surface area (Å²) in [6.07, 6.45) is 17.3. The van der Waals surface area contributed by atoms with Crippen molar-refractivity contribution in [3.63, 3.8) is 0 Å². The molecule has 0 radical (unpaired) electrons. The van der Waals surface area contributed by atoms with Crippen LogP contribution in [0.3, 0.4) is 0 Å². The highest BCUT2D eigenvalue weighted by Crippen LogP contribution is 2.51. The number of ether oxygens (including phenoxy) is 2. The molecule has 0 heterocycles. The predicted octanol–water partition coefficient (Wildman–Crippen LogP) is 4.96. The van der Waals surface area contributed by atoms with E-state index in [4.69, 9.17) is 9.47 Å². The Labute approximate surface area is 125 Å². The molecule has 118 valence electrons. The molecule has 2 aliphatic rings. The summed E-state index contributed by atoms with van der Waals surface area (Å²) >= 11 is 0. The summed E-state index contributed by atoms with van der Waals surface area (Å²) in [5.74, 6) is 0.969. The molecule has 0 N–H and O–H groups in total. The van der Waals surface area contributed by atoms with E-state index < -0.39 is 0 Å². The van der Waals surface area contributed by atoms with E-state index in [1.165, 1.54) is 70.6 Å². The molecule has 0 aromatic rings. The van der Waals surface area contributed by atoms with Gasteiger partial charge < -0.3 is 9.47 Å². The second-order valence-corrected chi connectivity index (χ2v) is 7.10. The Kier molecular flexibility index (Phi) is 6.83. The van der Waals surface area contributed by atoms with E-state index in [1.54, 1.807) is 7.11 Å². The van der Waals surface area contributed by atoms with Gasteiger partial charge in [-0.3, -0.25) is 0 Å². The maximum absolute atomic E-state index is 5.79. The van der Waals surface area contributed by atoms with Crippen LogP contribution in [0.25, 0.3) is 0 Å². The fraction of sp³-hybridized carbons (Fsp3) is 1.00. The predicted molar refractivity (Wildman–Crippen MR) is 84.0 cm³/mol. The maximum atomic E-state index is 5.79. The lowest BCUT2D eigenvalue weighted by molar-refractivity contribution is -0.0209. The van der Waals surface area contributed by atoms with Crippen molar-refractivity contribution in [2.45, 2.75) is 83.2 Å². The van der Waals surface area contributed by atoms with Gasteiger partial charge in [0, 0.05) is 20.8 Å². The van der Waals surface area contributed by atoms with Gasteiger partial charge in [0.15, 0.2) is 0 Å². The Balaban J connectivity index is 2.01. The van der Waals surface area contributed by atoms with Crippen molar-refractivity contribution in [2.24, 2.45) is 11.3 Å². The average Bonchev–Trinajstić information content (AvgIpc) is 2.53. The monoisotopic (exact) mass is 282 g/mol. The van der Waals surface area contributed by atoms with Crippen molar-refractivity contribution in [2.75, 3.05) is 20.8 Å². The number of methoxy groups -OCH3 is 2. The summed E-state index contributed by atoms with van der Waals surface area (Å²) in [6, 6.07) is 0. The molecule has 1 unspecified atom stereocenters. The first-order valence-electron chi connectivity index (χ1n) is 8.82. The van der Waals surface area contributed by atoms with Crippen LogP contribution in [0.4, 0.5) is 0 Å². The lowest BCUT2D eigenvalue weighted by atomic mass is 9.59. The Morgan fingerprint density at radius 1 is 0.950 bits per heavy atom. The molecule has 0 aliphatic heterocycles. The molecule has 2 aliphatic carbocycles. The van der Waals surface area contributed by atoms with E-state index in [-0.39, 0.29) is 0 Å². The third-order valence-corrected chi connectivity index (χ3v) is 5.93. The van der Waals surface area contributed by atoms with E-state index in [0.717, 1.165) is 18.9 Å². The minimum Gasteiger partial charge on any atom is -0.385 e. The highest BCUT2D eigenvalue weighted by atomic mass is 16.5. The van der Waals surface area contributed by atoms with Gasteiger partial charge in [0.2, 0.25) is 0 Å². The van der Waals surface area contributed by atoms with Crippen LogP contribution in [0.5, 0.6) is 0 Å². The molecule has 0 spiro atoms. The molecule has 2 heteroatoms. The van der Waals surface area contributed by atoms with Crippen molar-refractivity contribution in [1.82, 2.24) is 0 Å². The van der Waals surface area contributed by atoms with E-state index in [1.807, 2.05) is 7.11 Å². The molecule has 0 saturated heterocycles. The quantitative estimate of drug-likeness (QED) is 0.657. The van der Waals surface area contributed by atoms with Crippen molar-refractivity contribution in [3.05, 3.63) is 0 Å². The molecule has 0 amide bonds. The third-order valence-electron chi connectivity index (χ3n) is 5.93. The standard InChI is InChI=1S/C18H34O2/c1-19-14-11-17(20-2)15-18(12-7-4-8-13-18)16-9-5-3-6-10-16/h16-17H,3-15H2,1-2H3. The smallest absolute Gasteiger partial charge is 0.0598 e. The van der Waals surface area contributed by atoms with Gasteiger partial charge in [-0.15, -0.1) is 0 Å². The first-order valence-corrected chi connectivity index (χ1v) is 8.82. The van der Waals surface area contributed by atoms with E-state index in [0.29, 0.717) is 11.5 Å². The molecule has 0 aromatic carbocycles. The minimum absolute atomic E-state index is 0.398. The SMILES string of the molecule is COCCC(CC1(C2CCCCC2)CCCCC1)OC. The Morgan fingerprint density at radius 2 is 1.60 bits per heavy atom. The number of hydrogen-bond donors (Lipinski definition) is 0. The first kappa shape index (κ1) is 16.3. The fourth-order valence-electron chi connectivity index (χ4n) is 4.76. The van der Waals surface area contributed by atoms with Gasteiger partial charge in [0.1, 0.15) is 0 Å². The zero-order valence-corrected chi connectivity index (χ0v) is 13.7. The van der Waals surface area contributed by atoms with Gasteiger partial charge in [-0.05, 0) is 49.9 Å². The molecular weight excluding hydrogens is 248 g/mol. The van der Waals surface area contributed by atoms with Gasteiger partial charge in [0.25, 0.3) is 0 Å². The molecule has 2 nitrogen and oxygen atoms in total. The zero-order chi connectivity index (χ0) is 14.3. The largest absolute Gasteiger partial charge is 0.385 e. The van der Waals surface area contributed by atoms with Gasteiger partial charge >= 0.3 is 0 Å². The van der Waals surface area contributed by atoms with E-state index in [9.17, 15) is 0 Å². The Hall–Kier alpha value is -0.0800. The molecule has 20 heavy (non-hydrogen) atoms. The van der Waals surface area contributed by atoms with Crippen LogP contribution in [0.1, 0.15) is 77.0 Å². The second-order valence-electron chi connectivity index (χ2n) is 7.10. The minimum atomic E-state index is 0.398. The van der Waals surface area contributed by atoms with Crippen LogP contribution in [0, 0.1) is 11.3 Å². The van der Waals surface area contributed by atoms with Gasteiger partial charge in [-0.25, -0.2) is 0 Å². The van der Waals surface area contributed by atoms with Gasteiger partial charge in [-0.2, -0.15) is 0 Å². The summed E-state index contributed by atoms with van der Waals surface area (Å²) in [6.45, 7) is 0.833. The zero-order valence-electron chi connectivity index (χ0n) is 13.7. The number of rotatable bonds is 7. The molecule has 2 fully saturated rings. The normalized spacial score (nSPS) is 25.5. The van der Waals surface area contributed by atoms with Crippen molar-refractivity contribution in [1.29, 1.82) is 0 Å². The van der Waals surface area contributed by atoms with Crippen LogP contribution in [0.2, 0.25) is 0 Å². The summed E-state index contributed by atoms with van der Waals surface area (Å²) in [5, 5.41) is 0. The van der Waals surface area contributed by atoms with Crippen LogP contribution in [-0.2, 0) is 9.47 Å². The third kappa shape index (κ3) is 4.21. The van der Waals surface area contributed by atoms with Crippen molar-refractivity contribution >= 4 is 0 Å². The summed E-state index contributed by atoms with van der Waals surface area (Å²) in [4.78, 5) is 0. The summed E-state index contributed by atoms with van der Waals surface area (Å²) in [7, 11) is 3.68. The van der Waals surface area contributed by atoms with Crippen molar-refractivity contribution in [3.8, 4) is 0 Å². The molecular formula is C18H34O2. The van der Waals surface area contributed by atoms with Gasteiger partial charge in [0.05, 0.1) is 6.10 Å². The summed E-state index contributed by atoms with van der Waals surface area (Å²) < 4.78 is 11.1. The van der Waals surface area contributed by atoms with E-state index in [2.05, 4.69) is 0 Å². The lowest BCUT2D eigenvalue weighted by Crippen LogP contribution is -2.38. The highest BCUT2D eigenvalue weighted by molar-refractivity contribution is 4.92.